The summed E-state index contributed by atoms with van der Waals surface area (Å²) in [5, 5.41) is 2.76. The number of hydrogen-bond acceptors (Lipinski definition) is 5. The molecular formula is C17H24N2O5S. The standard InChI is InChI=1S/C17H24N2O5S/c1-5-12(3)18-17(21)14-7-9-16(20)19(14)25(22,23)13-6-8-15(24-4)11(2)10-13/h6,8,10,12,14H,5,7,9H2,1-4H3,(H,18,21)/t12-,14+/m0/s1. The molecule has 1 aliphatic rings. The molecule has 7 nitrogen and oxygen atoms in total. The van der Waals surface area contributed by atoms with Gasteiger partial charge in [-0.3, -0.25) is 9.59 Å². The summed E-state index contributed by atoms with van der Waals surface area (Å²) >= 11 is 0. The molecule has 0 saturated carbocycles. The van der Waals surface area contributed by atoms with Gasteiger partial charge in [-0.15, -0.1) is 0 Å². The number of ether oxygens (including phenoxy) is 1. The highest BCUT2D eigenvalue weighted by molar-refractivity contribution is 7.89. The fourth-order valence-corrected chi connectivity index (χ4v) is 4.46. The van der Waals surface area contributed by atoms with Crippen LogP contribution >= 0.6 is 0 Å². The van der Waals surface area contributed by atoms with Gasteiger partial charge < -0.3 is 10.1 Å². The third-order valence-corrected chi connectivity index (χ3v) is 6.21. The Morgan fingerprint density at radius 3 is 2.68 bits per heavy atom. The number of amides is 2. The first-order valence-electron chi connectivity index (χ1n) is 8.24. The van der Waals surface area contributed by atoms with Crippen molar-refractivity contribution in [2.75, 3.05) is 7.11 Å². The number of carbonyl (C=O) groups excluding carboxylic acids is 2. The predicted molar refractivity (Wildman–Crippen MR) is 92.7 cm³/mol. The van der Waals surface area contributed by atoms with Gasteiger partial charge in [-0.1, -0.05) is 6.92 Å². The normalized spacial score (nSPS) is 19.0. The molecule has 1 aromatic carbocycles. The van der Waals surface area contributed by atoms with E-state index in [4.69, 9.17) is 4.74 Å². The Kier molecular flexibility index (Phi) is 5.72. The highest BCUT2D eigenvalue weighted by atomic mass is 32.2. The summed E-state index contributed by atoms with van der Waals surface area (Å²) in [7, 11) is -2.61. The number of carbonyl (C=O) groups is 2. The van der Waals surface area contributed by atoms with E-state index in [0.29, 0.717) is 11.3 Å². The van der Waals surface area contributed by atoms with Crippen molar-refractivity contribution >= 4 is 21.8 Å². The molecule has 0 aliphatic carbocycles. The van der Waals surface area contributed by atoms with Crippen molar-refractivity contribution in [3.8, 4) is 5.75 Å². The third-order valence-electron chi connectivity index (χ3n) is 4.39. The first kappa shape index (κ1) is 19.2. The maximum atomic E-state index is 13.0. The average Bonchev–Trinajstić information content (AvgIpc) is 2.97. The Morgan fingerprint density at radius 2 is 2.12 bits per heavy atom. The lowest BCUT2D eigenvalue weighted by Crippen LogP contribution is -2.49. The minimum absolute atomic E-state index is 0.0256. The van der Waals surface area contributed by atoms with Crippen LogP contribution in [0.3, 0.4) is 0 Å². The smallest absolute Gasteiger partial charge is 0.267 e. The SMILES string of the molecule is CC[C@H](C)NC(=O)[C@H]1CCC(=O)N1S(=O)(=O)c1ccc(OC)c(C)c1. The molecule has 1 heterocycles. The number of hydrogen-bond donors (Lipinski definition) is 1. The third kappa shape index (κ3) is 3.78. The minimum Gasteiger partial charge on any atom is -0.496 e. The van der Waals surface area contributed by atoms with Crippen molar-refractivity contribution in [3.63, 3.8) is 0 Å². The number of benzene rings is 1. The van der Waals surface area contributed by atoms with E-state index in [0.717, 1.165) is 10.7 Å². The number of aryl methyl sites for hydroxylation is 1. The van der Waals surface area contributed by atoms with Crippen LogP contribution in [0, 0.1) is 6.92 Å². The summed E-state index contributed by atoms with van der Waals surface area (Å²) in [5.74, 6) is -0.440. The minimum atomic E-state index is -4.10. The van der Waals surface area contributed by atoms with Crippen LogP contribution in [-0.2, 0) is 19.6 Å². The molecule has 2 rings (SSSR count). The monoisotopic (exact) mass is 368 g/mol. The first-order valence-corrected chi connectivity index (χ1v) is 9.68. The van der Waals surface area contributed by atoms with Crippen LogP contribution in [0.5, 0.6) is 5.75 Å². The topological polar surface area (TPSA) is 92.8 Å². The summed E-state index contributed by atoms with van der Waals surface area (Å²) in [5.41, 5.74) is 0.635. The molecule has 2 amide bonds. The lowest BCUT2D eigenvalue weighted by molar-refractivity contribution is -0.131. The number of rotatable bonds is 6. The summed E-state index contributed by atoms with van der Waals surface area (Å²) in [4.78, 5) is 24.6. The van der Waals surface area contributed by atoms with Crippen molar-refractivity contribution < 1.29 is 22.7 Å². The highest BCUT2D eigenvalue weighted by Crippen LogP contribution is 2.29. The van der Waals surface area contributed by atoms with Gasteiger partial charge in [0.25, 0.3) is 10.0 Å². The zero-order valence-electron chi connectivity index (χ0n) is 14.9. The molecule has 8 heteroatoms. The van der Waals surface area contributed by atoms with Gasteiger partial charge in [0.15, 0.2) is 0 Å². The first-order chi connectivity index (χ1) is 11.7. The Balaban J connectivity index is 2.36. The van der Waals surface area contributed by atoms with E-state index in [9.17, 15) is 18.0 Å². The van der Waals surface area contributed by atoms with Gasteiger partial charge in [-0.05, 0) is 50.5 Å². The molecule has 0 spiro atoms. The van der Waals surface area contributed by atoms with Gasteiger partial charge >= 0.3 is 0 Å². The number of sulfonamides is 1. The molecular weight excluding hydrogens is 344 g/mol. The van der Waals surface area contributed by atoms with Gasteiger partial charge in [0.05, 0.1) is 12.0 Å². The fourth-order valence-electron chi connectivity index (χ4n) is 2.77. The Morgan fingerprint density at radius 1 is 1.44 bits per heavy atom. The molecule has 1 saturated heterocycles. The van der Waals surface area contributed by atoms with E-state index in [-0.39, 0.29) is 23.8 Å². The second kappa shape index (κ2) is 7.43. The second-order valence-corrected chi connectivity index (χ2v) is 8.01. The molecule has 25 heavy (non-hydrogen) atoms. The van der Waals surface area contributed by atoms with Crippen molar-refractivity contribution in [2.45, 2.75) is 57.0 Å². The highest BCUT2D eigenvalue weighted by Gasteiger charge is 2.44. The lowest BCUT2D eigenvalue weighted by atomic mass is 10.2. The van der Waals surface area contributed by atoms with Gasteiger partial charge in [0.2, 0.25) is 11.8 Å². The van der Waals surface area contributed by atoms with Crippen molar-refractivity contribution in [1.82, 2.24) is 9.62 Å². The van der Waals surface area contributed by atoms with Gasteiger partial charge in [-0.25, -0.2) is 12.7 Å². The zero-order chi connectivity index (χ0) is 18.8. The molecule has 0 radical (unpaired) electrons. The van der Waals surface area contributed by atoms with Gasteiger partial charge in [-0.2, -0.15) is 0 Å². The molecule has 0 bridgehead atoms. The van der Waals surface area contributed by atoms with E-state index in [1.807, 2.05) is 13.8 Å². The summed E-state index contributed by atoms with van der Waals surface area (Å²) in [6.07, 6.45) is 0.944. The van der Waals surface area contributed by atoms with Crippen LogP contribution in [0.1, 0.15) is 38.7 Å². The maximum absolute atomic E-state index is 13.0. The second-order valence-electron chi connectivity index (χ2n) is 6.20. The zero-order valence-corrected chi connectivity index (χ0v) is 15.7. The van der Waals surface area contributed by atoms with E-state index in [1.165, 1.54) is 25.3 Å². The lowest BCUT2D eigenvalue weighted by Gasteiger charge is -2.25. The van der Waals surface area contributed by atoms with Crippen LogP contribution in [0.15, 0.2) is 23.1 Å². The molecule has 1 fully saturated rings. The predicted octanol–water partition coefficient (Wildman–Crippen LogP) is 1.60. The van der Waals surface area contributed by atoms with E-state index < -0.39 is 27.9 Å². The van der Waals surface area contributed by atoms with Crippen LogP contribution in [0.25, 0.3) is 0 Å². The van der Waals surface area contributed by atoms with E-state index in [2.05, 4.69) is 5.32 Å². The van der Waals surface area contributed by atoms with Crippen LogP contribution in [-0.4, -0.2) is 43.7 Å². The van der Waals surface area contributed by atoms with Crippen molar-refractivity contribution in [2.24, 2.45) is 0 Å². The van der Waals surface area contributed by atoms with Crippen molar-refractivity contribution in [3.05, 3.63) is 23.8 Å². The molecule has 0 aromatic heterocycles. The fraction of sp³-hybridized carbons (Fsp3) is 0.529. The van der Waals surface area contributed by atoms with E-state index >= 15 is 0 Å². The summed E-state index contributed by atoms with van der Waals surface area (Å²) in [6, 6.07) is 3.28. The van der Waals surface area contributed by atoms with Gasteiger partial charge in [0, 0.05) is 12.5 Å². The maximum Gasteiger partial charge on any atom is 0.267 e. The quantitative estimate of drug-likeness (QED) is 0.823. The molecule has 138 valence electrons. The van der Waals surface area contributed by atoms with Crippen LogP contribution in [0.4, 0.5) is 0 Å². The molecule has 1 N–H and O–H groups in total. The Hall–Kier alpha value is -2.09. The van der Waals surface area contributed by atoms with Gasteiger partial charge in [0.1, 0.15) is 11.8 Å². The number of nitrogens with zero attached hydrogens (tertiary/aromatic N) is 1. The molecule has 1 aliphatic heterocycles. The van der Waals surface area contributed by atoms with Crippen molar-refractivity contribution in [1.29, 1.82) is 0 Å². The van der Waals surface area contributed by atoms with Crippen LogP contribution in [0.2, 0.25) is 0 Å². The van der Waals surface area contributed by atoms with E-state index in [1.54, 1.807) is 6.92 Å². The average molecular weight is 368 g/mol. The molecule has 2 atom stereocenters. The summed E-state index contributed by atoms with van der Waals surface area (Å²) < 4.78 is 31.8. The summed E-state index contributed by atoms with van der Waals surface area (Å²) in [6.45, 7) is 5.47. The molecule has 1 aromatic rings. The Bertz CT molecular complexity index is 775. The Labute approximate surface area is 148 Å². The number of methoxy groups -OCH3 is 1. The number of nitrogens with one attached hydrogen (secondary N) is 1. The largest absolute Gasteiger partial charge is 0.496 e. The molecule has 0 unspecified atom stereocenters. The van der Waals surface area contributed by atoms with Crippen LogP contribution < -0.4 is 10.1 Å².